The van der Waals surface area contributed by atoms with Crippen molar-refractivity contribution in [3.63, 3.8) is 0 Å². The Morgan fingerprint density at radius 1 is 0.926 bits per heavy atom. The fourth-order valence-corrected chi connectivity index (χ4v) is 2.68. The van der Waals surface area contributed by atoms with Crippen LogP contribution < -0.4 is 10.6 Å². The van der Waals surface area contributed by atoms with Gasteiger partial charge in [-0.3, -0.25) is 9.59 Å². The minimum atomic E-state index is -0.225. The summed E-state index contributed by atoms with van der Waals surface area (Å²) in [6, 6.07) is 20.4. The molecule has 2 aromatic carbocycles. The summed E-state index contributed by atoms with van der Waals surface area (Å²) in [5.74, 6) is -0.215. The zero-order valence-electron chi connectivity index (χ0n) is 15.3. The molecular formula is C22H21N3O2. The smallest absolute Gasteiger partial charge is 0.270 e. The van der Waals surface area contributed by atoms with Crippen LogP contribution in [0, 0.1) is 0 Å². The van der Waals surface area contributed by atoms with E-state index < -0.39 is 0 Å². The van der Waals surface area contributed by atoms with E-state index in [1.807, 2.05) is 49.4 Å². The number of nitrogens with zero attached hydrogens (tertiary/aromatic N) is 1. The summed E-state index contributed by atoms with van der Waals surface area (Å²) >= 11 is 0. The molecule has 27 heavy (non-hydrogen) atoms. The number of benzene rings is 2. The van der Waals surface area contributed by atoms with Crippen molar-refractivity contribution in [3.8, 4) is 0 Å². The molecule has 0 aliphatic rings. The average molecular weight is 359 g/mol. The zero-order chi connectivity index (χ0) is 19.2. The predicted octanol–water partition coefficient (Wildman–Crippen LogP) is 4.52. The van der Waals surface area contributed by atoms with Crippen molar-refractivity contribution in [1.82, 2.24) is 10.3 Å². The maximum Gasteiger partial charge on any atom is 0.270 e. The average Bonchev–Trinajstić information content (AvgIpc) is 2.69. The molecule has 136 valence electrons. The number of ketones is 1. The Balaban J connectivity index is 1.65. The van der Waals surface area contributed by atoms with Crippen LogP contribution in [0.15, 0.2) is 72.9 Å². The highest BCUT2D eigenvalue weighted by molar-refractivity contribution is 5.95. The summed E-state index contributed by atoms with van der Waals surface area (Å²) in [4.78, 5) is 28.1. The third-order valence-electron chi connectivity index (χ3n) is 4.20. The number of pyridine rings is 1. The minimum absolute atomic E-state index is 0.0105. The maximum atomic E-state index is 12.4. The Morgan fingerprint density at radius 2 is 1.70 bits per heavy atom. The Kier molecular flexibility index (Phi) is 5.61. The molecule has 2 N–H and O–H groups in total. The second kappa shape index (κ2) is 8.27. The van der Waals surface area contributed by atoms with Crippen molar-refractivity contribution in [2.75, 3.05) is 5.32 Å². The molecule has 3 aromatic rings. The van der Waals surface area contributed by atoms with Gasteiger partial charge in [0.25, 0.3) is 5.91 Å². The summed E-state index contributed by atoms with van der Waals surface area (Å²) in [7, 11) is 0. The predicted molar refractivity (Wildman–Crippen MR) is 106 cm³/mol. The Morgan fingerprint density at radius 3 is 2.37 bits per heavy atom. The Labute approximate surface area is 158 Å². The van der Waals surface area contributed by atoms with Crippen molar-refractivity contribution in [2.24, 2.45) is 0 Å². The molecule has 0 saturated heterocycles. The van der Waals surface area contributed by atoms with Crippen LogP contribution in [0.5, 0.6) is 0 Å². The van der Waals surface area contributed by atoms with Gasteiger partial charge in [-0.1, -0.05) is 42.5 Å². The lowest BCUT2D eigenvalue weighted by molar-refractivity contribution is 0.0934. The van der Waals surface area contributed by atoms with Crippen molar-refractivity contribution in [3.05, 3.63) is 89.7 Å². The van der Waals surface area contributed by atoms with Crippen molar-refractivity contribution < 1.29 is 9.59 Å². The van der Waals surface area contributed by atoms with Crippen LogP contribution in [0.1, 0.15) is 46.3 Å². The monoisotopic (exact) mass is 359 g/mol. The highest BCUT2D eigenvalue weighted by Crippen LogP contribution is 2.18. The van der Waals surface area contributed by atoms with Crippen LogP contribution in [-0.4, -0.2) is 16.7 Å². The van der Waals surface area contributed by atoms with Gasteiger partial charge in [0.05, 0.1) is 17.9 Å². The van der Waals surface area contributed by atoms with Gasteiger partial charge in [-0.2, -0.15) is 0 Å². The van der Waals surface area contributed by atoms with Crippen LogP contribution in [0.3, 0.4) is 0 Å². The lowest BCUT2D eigenvalue weighted by Crippen LogP contribution is -2.27. The summed E-state index contributed by atoms with van der Waals surface area (Å²) in [5.41, 5.74) is 3.55. The molecular weight excluding hydrogens is 338 g/mol. The van der Waals surface area contributed by atoms with Crippen LogP contribution in [0.4, 0.5) is 11.4 Å². The van der Waals surface area contributed by atoms with E-state index in [4.69, 9.17) is 0 Å². The molecule has 5 nitrogen and oxygen atoms in total. The third-order valence-corrected chi connectivity index (χ3v) is 4.20. The number of carbonyl (C=O) groups excluding carboxylic acids is 2. The van der Waals surface area contributed by atoms with E-state index in [0.717, 1.165) is 16.9 Å². The molecule has 0 fully saturated rings. The molecule has 0 bridgehead atoms. The highest BCUT2D eigenvalue weighted by atomic mass is 16.2. The van der Waals surface area contributed by atoms with E-state index in [1.54, 1.807) is 30.5 Å². The van der Waals surface area contributed by atoms with Gasteiger partial charge in [-0.25, -0.2) is 4.98 Å². The van der Waals surface area contributed by atoms with E-state index in [2.05, 4.69) is 15.6 Å². The van der Waals surface area contributed by atoms with Crippen LogP contribution in [0.2, 0.25) is 0 Å². The normalized spacial score (nSPS) is 11.5. The highest BCUT2D eigenvalue weighted by Gasteiger charge is 2.12. The van der Waals surface area contributed by atoms with Gasteiger partial charge >= 0.3 is 0 Å². The molecule has 0 aliphatic carbocycles. The molecule has 0 radical (unpaired) electrons. The number of amides is 1. The zero-order valence-corrected chi connectivity index (χ0v) is 15.3. The lowest BCUT2D eigenvalue weighted by atomic mass is 10.1. The molecule has 0 spiro atoms. The van der Waals surface area contributed by atoms with Gasteiger partial charge < -0.3 is 10.6 Å². The fourth-order valence-electron chi connectivity index (χ4n) is 2.68. The van der Waals surface area contributed by atoms with Crippen LogP contribution in [0.25, 0.3) is 0 Å². The van der Waals surface area contributed by atoms with Crippen molar-refractivity contribution in [2.45, 2.75) is 19.9 Å². The van der Waals surface area contributed by atoms with E-state index in [9.17, 15) is 9.59 Å². The lowest BCUT2D eigenvalue weighted by Gasteiger charge is -2.14. The van der Waals surface area contributed by atoms with Crippen LogP contribution in [-0.2, 0) is 0 Å². The molecule has 0 aliphatic heterocycles. The molecule has 1 heterocycles. The molecule has 5 heteroatoms. The number of Topliss-reactive ketones (excluding diaryl/α,β-unsaturated/α-hetero) is 1. The second-order valence-electron chi connectivity index (χ2n) is 6.30. The third kappa shape index (κ3) is 4.79. The standard InChI is InChI=1S/C22H21N3O2/c1-15(17-7-4-3-5-8-17)24-22(27)21-12-11-20(14-23-21)25-19-10-6-9-18(13-19)16(2)26/h3-15,25H,1-2H3,(H,24,27). The molecule has 0 saturated carbocycles. The quantitative estimate of drug-likeness (QED) is 0.635. The van der Waals surface area contributed by atoms with Crippen molar-refractivity contribution in [1.29, 1.82) is 0 Å². The SMILES string of the molecule is CC(=O)c1cccc(Nc2ccc(C(=O)NC(C)c3ccccc3)nc2)c1. The molecule has 3 rings (SSSR count). The second-order valence-corrected chi connectivity index (χ2v) is 6.30. The molecule has 1 unspecified atom stereocenters. The van der Waals surface area contributed by atoms with Gasteiger partial charge in [0, 0.05) is 11.3 Å². The largest absolute Gasteiger partial charge is 0.354 e. The topological polar surface area (TPSA) is 71.1 Å². The number of nitrogens with one attached hydrogen (secondary N) is 2. The van der Waals surface area contributed by atoms with Gasteiger partial charge in [-0.05, 0) is 43.7 Å². The number of anilines is 2. The van der Waals surface area contributed by atoms with E-state index in [-0.39, 0.29) is 17.7 Å². The summed E-state index contributed by atoms with van der Waals surface area (Å²) in [6.45, 7) is 3.47. The fraction of sp³-hybridized carbons (Fsp3) is 0.136. The Hall–Kier alpha value is -3.47. The van der Waals surface area contributed by atoms with Gasteiger partial charge in [0.2, 0.25) is 0 Å². The first-order chi connectivity index (χ1) is 13.0. The molecule has 1 aromatic heterocycles. The molecule has 1 atom stereocenters. The van der Waals surface area contributed by atoms with E-state index in [0.29, 0.717) is 11.3 Å². The van der Waals surface area contributed by atoms with E-state index in [1.165, 1.54) is 6.92 Å². The number of carbonyl (C=O) groups is 2. The molecule has 1 amide bonds. The van der Waals surface area contributed by atoms with Gasteiger partial charge in [0.1, 0.15) is 5.69 Å². The summed E-state index contributed by atoms with van der Waals surface area (Å²) < 4.78 is 0. The first kappa shape index (κ1) is 18.3. The van der Waals surface area contributed by atoms with Crippen molar-refractivity contribution >= 4 is 23.1 Å². The van der Waals surface area contributed by atoms with Gasteiger partial charge in [0.15, 0.2) is 5.78 Å². The first-order valence-electron chi connectivity index (χ1n) is 8.73. The van der Waals surface area contributed by atoms with Crippen LogP contribution >= 0.6 is 0 Å². The minimum Gasteiger partial charge on any atom is -0.354 e. The number of hydrogen-bond donors (Lipinski definition) is 2. The number of hydrogen-bond acceptors (Lipinski definition) is 4. The number of rotatable bonds is 6. The Bertz CT molecular complexity index is 937. The summed E-state index contributed by atoms with van der Waals surface area (Å²) in [6.07, 6.45) is 1.60. The number of aromatic nitrogens is 1. The first-order valence-corrected chi connectivity index (χ1v) is 8.73. The van der Waals surface area contributed by atoms with E-state index >= 15 is 0 Å². The van der Waals surface area contributed by atoms with Gasteiger partial charge in [-0.15, -0.1) is 0 Å². The summed E-state index contributed by atoms with van der Waals surface area (Å²) in [5, 5.41) is 6.13. The maximum absolute atomic E-state index is 12.4.